The number of aliphatic hydroxyl groups is 4. The van der Waals surface area contributed by atoms with Crippen molar-refractivity contribution in [3.63, 3.8) is 0 Å². The number of aliphatic hydroxyl groups excluding tert-OH is 3. The number of hydrogen-bond acceptors (Lipinski definition) is 8. The molecule has 21 heavy (non-hydrogen) atoms. The monoisotopic (exact) mass is 308 g/mol. The number of nitrogens with zero attached hydrogens (tertiary/aromatic N) is 2. The summed E-state index contributed by atoms with van der Waals surface area (Å²) in [6, 6.07) is -1.34. The fourth-order valence-corrected chi connectivity index (χ4v) is 2.20. The fraction of sp³-hybridized carbons (Fsp3) is 0.909. The Morgan fingerprint density at radius 3 is 2.43 bits per heavy atom. The molecule has 5 atom stereocenters. The summed E-state index contributed by atoms with van der Waals surface area (Å²) in [5.41, 5.74) is 0. The Bertz CT molecular complexity index is 392. The number of hydrogen-bond donors (Lipinski definition) is 5. The van der Waals surface area contributed by atoms with Crippen LogP contribution in [0.1, 0.15) is 13.8 Å². The van der Waals surface area contributed by atoms with Gasteiger partial charge in [0.05, 0.1) is 18.4 Å². The van der Waals surface area contributed by atoms with Crippen molar-refractivity contribution in [2.24, 2.45) is 11.2 Å². The first kappa shape index (κ1) is 17.7. The molecule has 0 spiro atoms. The SMILES string of the molecule is CC(C)C(C(=O)O)N(CC1(O)OCC(O)C(O)C1O)N=O. The van der Waals surface area contributed by atoms with Crippen LogP contribution in [0.5, 0.6) is 0 Å². The molecule has 1 aliphatic rings. The van der Waals surface area contributed by atoms with E-state index in [0.29, 0.717) is 5.01 Å². The molecule has 0 amide bonds. The van der Waals surface area contributed by atoms with Crippen LogP contribution < -0.4 is 0 Å². The Labute approximate surface area is 120 Å². The van der Waals surface area contributed by atoms with Crippen LogP contribution >= 0.6 is 0 Å². The van der Waals surface area contributed by atoms with E-state index in [1.807, 2.05) is 0 Å². The van der Waals surface area contributed by atoms with E-state index in [4.69, 9.17) is 9.84 Å². The largest absolute Gasteiger partial charge is 0.480 e. The zero-order valence-electron chi connectivity index (χ0n) is 11.7. The first-order chi connectivity index (χ1) is 9.64. The van der Waals surface area contributed by atoms with Crippen LogP contribution in [0.2, 0.25) is 0 Å². The van der Waals surface area contributed by atoms with Gasteiger partial charge in [-0.2, -0.15) is 0 Å². The zero-order valence-corrected chi connectivity index (χ0v) is 11.7. The van der Waals surface area contributed by atoms with E-state index in [1.165, 1.54) is 13.8 Å². The van der Waals surface area contributed by atoms with E-state index in [2.05, 4.69) is 5.29 Å². The van der Waals surface area contributed by atoms with Gasteiger partial charge in [0, 0.05) is 0 Å². The molecule has 122 valence electrons. The molecule has 5 unspecified atom stereocenters. The molecule has 1 saturated heterocycles. The summed E-state index contributed by atoms with van der Waals surface area (Å²) < 4.78 is 4.86. The van der Waals surface area contributed by atoms with Crippen LogP contribution in [-0.2, 0) is 9.53 Å². The molecule has 0 radical (unpaired) electrons. The molecular formula is C11H20N2O8. The smallest absolute Gasteiger partial charge is 0.328 e. The maximum Gasteiger partial charge on any atom is 0.328 e. The third kappa shape index (κ3) is 3.66. The lowest BCUT2D eigenvalue weighted by Gasteiger charge is -2.43. The van der Waals surface area contributed by atoms with Gasteiger partial charge >= 0.3 is 5.97 Å². The van der Waals surface area contributed by atoms with Crippen molar-refractivity contribution in [2.75, 3.05) is 13.2 Å². The minimum absolute atomic E-state index is 0.485. The van der Waals surface area contributed by atoms with Gasteiger partial charge in [0.1, 0.15) is 24.4 Å². The zero-order chi connectivity index (χ0) is 16.4. The first-order valence-corrected chi connectivity index (χ1v) is 6.37. The molecular weight excluding hydrogens is 288 g/mol. The van der Waals surface area contributed by atoms with E-state index in [-0.39, 0.29) is 0 Å². The number of ether oxygens (including phenoxy) is 1. The predicted octanol–water partition coefficient (Wildman–Crippen LogP) is -2.12. The van der Waals surface area contributed by atoms with Gasteiger partial charge in [-0.25, -0.2) is 9.80 Å². The van der Waals surface area contributed by atoms with Gasteiger partial charge in [0.15, 0.2) is 0 Å². The van der Waals surface area contributed by atoms with E-state index >= 15 is 0 Å². The van der Waals surface area contributed by atoms with Crippen LogP contribution in [0.3, 0.4) is 0 Å². The number of carboxylic acid groups (broad SMARTS) is 1. The van der Waals surface area contributed by atoms with Crippen molar-refractivity contribution in [1.29, 1.82) is 0 Å². The Kier molecular flexibility index (Phi) is 5.59. The molecule has 5 N–H and O–H groups in total. The van der Waals surface area contributed by atoms with Gasteiger partial charge < -0.3 is 30.3 Å². The summed E-state index contributed by atoms with van der Waals surface area (Å²) in [7, 11) is 0. The summed E-state index contributed by atoms with van der Waals surface area (Å²) in [5, 5.41) is 51.0. The van der Waals surface area contributed by atoms with Gasteiger partial charge in [0.25, 0.3) is 0 Å². The van der Waals surface area contributed by atoms with Crippen molar-refractivity contribution >= 4 is 5.97 Å². The average Bonchev–Trinajstić information content (AvgIpc) is 2.39. The average molecular weight is 308 g/mol. The van der Waals surface area contributed by atoms with E-state index in [0.717, 1.165) is 0 Å². The summed E-state index contributed by atoms with van der Waals surface area (Å²) in [6.45, 7) is 1.83. The van der Waals surface area contributed by atoms with Crippen LogP contribution in [0.4, 0.5) is 0 Å². The van der Waals surface area contributed by atoms with Crippen LogP contribution in [-0.4, -0.2) is 79.8 Å². The second-order valence-electron chi connectivity index (χ2n) is 5.36. The van der Waals surface area contributed by atoms with Crippen LogP contribution in [0, 0.1) is 10.8 Å². The van der Waals surface area contributed by atoms with Crippen molar-refractivity contribution in [2.45, 2.75) is 44.0 Å². The highest BCUT2D eigenvalue weighted by atomic mass is 16.6. The molecule has 0 aromatic heterocycles. The van der Waals surface area contributed by atoms with Crippen molar-refractivity contribution in [1.82, 2.24) is 5.01 Å². The van der Waals surface area contributed by atoms with E-state index in [9.17, 15) is 30.1 Å². The number of aliphatic carboxylic acids is 1. The Morgan fingerprint density at radius 1 is 1.43 bits per heavy atom. The second-order valence-corrected chi connectivity index (χ2v) is 5.36. The maximum absolute atomic E-state index is 11.2. The summed E-state index contributed by atoms with van der Waals surface area (Å²) in [4.78, 5) is 22.0. The third-order valence-corrected chi connectivity index (χ3v) is 3.38. The first-order valence-electron chi connectivity index (χ1n) is 6.37. The van der Waals surface area contributed by atoms with E-state index in [1.54, 1.807) is 0 Å². The van der Waals surface area contributed by atoms with Crippen molar-refractivity contribution in [3.05, 3.63) is 4.91 Å². The normalized spacial score (nSPS) is 34.5. The fourth-order valence-electron chi connectivity index (χ4n) is 2.20. The van der Waals surface area contributed by atoms with Crippen LogP contribution in [0.15, 0.2) is 5.29 Å². The number of nitroso groups, excluding NO2 is 1. The molecule has 1 fully saturated rings. The molecule has 0 saturated carbocycles. The van der Waals surface area contributed by atoms with Crippen LogP contribution in [0.25, 0.3) is 0 Å². The quantitative estimate of drug-likeness (QED) is 0.273. The standard InChI is InChI=1S/C11H20N2O8/c1-5(2)7(10(17)18)13(12-20)4-11(19)9(16)8(15)6(14)3-21-11/h5-9,14-16,19H,3-4H2,1-2H3,(H,17,18). The lowest BCUT2D eigenvalue weighted by atomic mass is 9.95. The second kappa shape index (κ2) is 6.62. The maximum atomic E-state index is 11.2. The number of carboxylic acids is 1. The molecule has 0 aliphatic carbocycles. The molecule has 10 nitrogen and oxygen atoms in total. The lowest BCUT2D eigenvalue weighted by Crippen LogP contribution is -2.65. The molecule has 1 rings (SSSR count). The Morgan fingerprint density at radius 2 is 2.00 bits per heavy atom. The molecule has 10 heteroatoms. The highest BCUT2D eigenvalue weighted by Crippen LogP contribution is 2.26. The molecule has 0 aromatic rings. The third-order valence-electron chi connectivity index (χ3n) is 3.38. The molecule has 0 aromatic carbocycles. The Hall–Kier alpha value is -1.33. The topological polar surface area (TPSA) is 160 Å². The summed E-state index contributed by atoms with van der Waals surface area (Å²) in [6.07, 6.45) is -5.02. The van der Waals surface area contributed by atoms with Gasteiger partial charge in [-0.1, -0.05) is 13.8 Å². The van der Waals surface area contributed by atoms with Gasteiger partial charge in [-0.05, 0) is 5.92 Å². The summed E-state index contributed by atoms with van der Waals surface area (Å²) >= 11 is 0. The summed E-state index contributed by atoms with van der Waals surface area (Å²) in [5.74, 6) is -4.27. The van der Waals surface area contributed by atoms with Crippen molar-refractivity contribution in [3.8, 4) is 0 Å². The highest BCUT2D eigenvalue weighted by molar-refractivity contribution is 5.73. The number of carbonyl (C=O) groups is 1. The highest BCUT2D eigenvalue weighted by Gasteiger charge is 2.51. The van der Waals surface area contributed by atoms with E-state index < -0.39 is 55.2 Å². The minimum Gasteiger partial charge on any atom is -0.480 e. The number of rotatable bonds is 6. The molecule has 1 aliphatic heterocycles. The van der Waals surface area contributed by atoms with Gasteiger partial charge in [-0.15, -0.1) is 4.91 Å². The minimum atomic E-state index is -2.42. The van der Waals surface area contributed by atoms with Gasteiger partial charge in [0.2, 0.25) is 5.79 Å². The molecule has 1 heterocycles. The van der Waals surface area contributed by atoms with Gasteiger partial charge in [-0.3, -0.25) is 0 Å². The Balaban J connectivity index is 2.94. The lowest BCUT2D eigenvalue weighted by molar-refractivity contribution is -0.326. The predicted molar refractivity (Wildman–Crippen MR) is 67.7 cm³/mol. The van der Waals surface area contributed by atoms with Crippen molar-refractivity contribution < 1.29 is 35.1 Å². The molecule has 0 bridgehead atoms.